The quantitative estimate of drug-likeness (QED) is 0.249. The minimum absolute atomic E-state index is 0.0478. The summed E-state index contributed by atoms with van der Waals surface area (Å²) in [7, 11) is 3.51. The summed E-state index contributed by atoms with van der Waals surface area (Å²) in [5.41, 5.74) is 2.90. The van der Waals surface area contributed by atoms with Crippen LogP contribution in [0, 0.1) is 17.8 Å². The number of nitrogens with two attached hydrogens (primary N) is 1. The Morgan fingerprint density at radius 1 is 1.29 bits per heavy atom. The molecule has 2 amide bonds. The molecule has 2 unspecified atom stereocenters. The van der Waals surface area contributed by atoms with E-state index in [1.54, 1.807) is 25.1 Å². The SMILES string of the molecule is CC1C(O)=C(C(N)=O)C(=O)[C@@]2(O)C(O)=C3C(=O)c4c(O)c(CNC=O)cc(N(C)C)c4CC3C[C@@H]12. The molecule has 0 saturated carbocycles. The van der Waals surface area contributed by atoms with Gasteiger partial charge in [0.2, 0.25) is 12.2 Å². The third-order valence-electron chi connectivity index (χ3n) is 7.45. The molecule has 0 aliphatic heterocycles. The smallest absolute Gasteiger partial charge is 0.255 e. The van der Waals surface area contributed by atoms with Gasteiger partial charge >= 0.3 is 0 Å². The van der Waals surface area contributed by atoms with Crippen LogP contribution in [0.25, 0.3) is 0 Å². The first-order valence-corrected chi connectivity index (χ1v) is 11.1. The molecule has 3 aliphatic rings. The van der Waals surface area contributed by atoms with Crippen LogP contribution in [0.1, 0.15) is 34.8 Å². The number of anilines is 1. The Morgan fingerprint density at radius 2 is 1.94 bits per heavy atom. The topological polar surface area (TPSA) is 190 Å². The summed E-state index contributed by atoms with van der Waals surface area (Å²) >= 11 is 0. The largest absolute Gasteiger partial charge is 0.511 e. The highest BCUT2D eigenvalue weighted by atomic mass is 16.3. The second-order valence-electron chi connectivity index (χ2n) is 9.49. The number of nitrogens with one attached hydrogen (secondary N) is 1. The van der Waals surface area contributed by atoms with E-state index in [4.69, 9.17) is 5.73 Å². The number of rotatable bonds is 5. The molecule has 186 valence electrons. The summed E-state index contributed by atoms with van der Waals surface area (Å²) in [6.45, 7) is 1.44. The van der Waals surface area contributed by atoms with Crippen LogP contribution in [0.3, 0.4) is 0 Å². The summed E-state index contributed by atoms with van der Waals surface area (Å²) in [4.78, 5) is 51.2. The molecule has 1 aromatic carbocycles. The summed E-state index contributed by atoms with van der Waals surface area (Å²) in [5.74, 6) is -7.69. The number of allylic oxidation sites excluding steroid dienone is 2. The number of nitrogens with zero attached hydrogens (tertiary/aromatic N) is 1. The van der Waals surface area contributed by atoms with E-state index in [0.29, 0.717) is 17.7 Å². The number of aliphatic hydroxyl groups is 3. The van der Waals surface area contributed by atoms with Gasteiger partial charge in [0, 0.05) is 49.3 Å². The zero-order chi connectivity index (χ0) is 26.0. The molecule has 4 rings (SSSR count). The lowest BCUT2D eigenvalue weighted by atomic mass is 9.57. The van der Waals surface area contributed by atoms with E-state index in [-0.39, 0.29) is 41.8 Å². The zero-order valence-electron chi connectivity index (χ0n) is 19.5. The summed E-state index contributed by atoms with van der Waals surface area (Å²) in [6, 6.07) is 1.66. The molecule has 35 heavy (non-hydrogen) atoms. The van der Waals surface area contributed by atoms with Crippen LogP contribution in [0.5, 0.6) is 5.75 Å². The summed E-state index contributed by atoms with van der Waals surface area (Å²) in [6.07, 6.45) is 0.696. The van der Waals surface area contributed by atoms with Gasteiger partial charge in [-0.25, -0.2) is 0 Å². The van der Waals surface area contributed by atoms with Crippen molar-refractivity contribution in [1.29, 1.82) is 0 Å². The zero-order valence-corrected chi connectivity index (χ0v) is 19.5. The Labute approximate surface area is 200 Å². The highest BCUT2D eigenvalue weighted by molar-refractivity contribution is 6.24. The van der Waals surface area contributed by atoms with Crippen LogP contribution in [0.15, 0.2) is 28.7 Å². The van der Waals surface area contributed by atoms with E-state index in [1.165, 1.54) is 6.92 Å². The van der Waals surface area contributed by atoms with Crippen LogP contribution in [0.4, 0.5) is 5.69 Å². The molecule has 1 aromatic rings. The van der Waals surface area contributed by atoms with E-state index in [1.807, 2.05) is 0 Å². The van der Waals surface area contributed by atoms with Crippen LogP contribution in [-0.2, 0) is 27.3 Å². The number of aliphatic hydroxyl groups excluding tert-OH is 2. The first kappa shape index (κ1) is 24.3. The Bertz CT molecular complexity index is 1250. The molecule has 11 heteroatoms. The fraction of sp³-hybridized carbons (Fsp3) is 0.417. The summed E-state index contributed by atoms with van der Waals surface area (Å²) < 4.78 is 0. The number of phenols is 1. The fourth-order valence-electron chi connectivity index (χ4n) is 5.72. The maximum atomic E-state index is 13.7. The van der Waals surface area contributed by atoms with Crippen molar-refractivity contribution in [3.8, 4) is 5.75 Å². The van der Waals surface area contributed by atoms with Gasteiger partial charge in [-0.2, -0.15) is 0 Å². The van der Waals surface area contributed by atoms with Crippen molar-refractivity contribution in [2.24, 2.45) is 23.5 Å². The number of ketones is 2. The second-order valence-corrected chi connectivity index (χ2v) is 9.49. The molecule has 0 saturated heterocycles. The van der Waals surface area contributed by atoms with Gasteiger partial charge in [-0.1, -0.05) is 6.92 Å². The lowest BCUT2D eigenvalue weighted by molar-refractivity contribution is -0.147. The van der Waals surface area contributed by atoms with Crippen LogP contribution in [0.2, 0.25) is 0 Å². The standard InChI is InChI=1S/C24H27N3O8/c1-9-13-5-10-4-12-14(27(2)3)6-11(7-26-8-28)19(30)16(12)20(31)15(10)21(32)24(13,35)22(33)17(18(9)29)23(25)34/h6,8-10,13,29-30,32,35H,4-5,7H2,1-3H3,(H2,25,34)(H,26,28)/t9?,10?,13-,24-/m0/s1. The van der Waals surface area contributed by atoms with E-state index < -0.39 is 57.9 Å². The van der Waals surface area contributed by atoms with Gasteiger partial charge in [0.05, 0.1) is 5.56 Å². The van der Waals surface area contributed by atoms with Gasteiger partial charge in [0.25, 0.3) is 5.91 Å². The number of benzene rings is 1. The van der Waals surface area contributed by atoms with Crippen molar-refractivity contribution in [3.05, 3.63) is 45.4 Å². The number of carbonyl (C=O) groups excluding carboxylic acids is 4. The Kier molecular flexibility index (Phi) is 5.63. The van der Waals surface area contributed by atoms with Gasteiger partial charge in [-0.05, 0) is 30.4 Å². The molecular formula is C24H27N3O8. The Morgan fingerprint density at radius 3 is 2.51 bits per heavy atom. The van der Waals surface area contributed by atoms with Gasteiger partial charge in [-0.15, -0.1) is 0 Å². The molecule has 3 aliphatic carbocycles. The van der Waals surface area contributed by atoms with Crippen LogP contribution >= 0.6 is 0 Å². The average Bonchev–Trinajstić information content (AvgIpc) is 2.78. The maximum Gasteiger partial charge on any atom is 0.255 e. The average molecular weight is 485 g/mol. The molecule has 7 N–H and O–H groups in total. The van der Waals surface area contributed by atoms with Gasteiger partial charge < -0.3 is 36.4 Å². The number of Topliss-reactive ketones (excluding diaryl/α,β-unsaturated/α-hetero) is 2. The number of fused-ring (bicyclic) bond motifs is 3. The number of primary amides is 1. The predicted octanol–water partition coefficient (Wildman–Crippen LogP) is 0.139. The predicted molar refractivity (Wildman–Crippen MR) is 123 cm³/mol. The number of amides is 2. The van der Waals surface area contributed by atoms with E-state index in [9.17, 15) is 39.6 Å². The molecule has 0 spiro atoms. The molecule has 0 fully saturated rings. The van der Waals surface area contributed by atoms with Crippen LogP contribution < -0.4 is 16.0 Å². The first-order valence-electron chi connectivity index (χ1n) is 11.1. The van der Waals surface area contributed by atoms with Crippen molar-refractivity contribution in [2.45, 2.75) is 31.9 Å². The number of hydrogen-bond acceptors (Lipinski definition) is 9. The first-order chi connectivity index (χ1) is 16.4. The number of carbonyl (C=O) groups is 4. The van der Waals surface area contributed by atoms with Crippen molar-refractivity contribution in [2.75, 3.05) is 19.0 Å². The van der Waals surface area contributed by atoms with Crippen molar-refractivity contribution in [3.63, 3.8) is 0 Å². The van der Waals surface area contributed by atoms with E-state index in [2.05, 4.69) is 5.32 Å². The van der Waals surface area contributed by atoms with Crippen molar-refractivity contribution in [1.82, 2.24) is 5.32 Å². The maximum absolute atomic E-state index is 13.7. The normalized spacial score (nSPS) is 27.7. The third-order valence-corrected chi connectivity index (χ3v) is 7.45. The van der Waals surface area contributed by atoms with Crippen LogP contribution in [-0.4, -0.2) is 64.0 Å². The molecular weight excluding hydrogens is 458 g/mol. The lowest BCUT2D eigenvalue weighted by Gasteiger charge is -2.48. The molecule has 0 heterocycles. The highest BCUT2D eigenvalue weighted by Gasteiger charge is 2.62. The van der Waals surface area contributed by atoms with Gasteiger partial charge in [0.15, 0.2) is 11.4 Å². The monoisotopic (exact) mass is 485 g/mol. The Balaban J connectivity index is 1.95. The third kappa shape index (κ3) is 3.22. The molecule has 4 atom stereocenters. The van der Waals surface area contributed by atoms with Crippen molar-refractivity contribution < 1.29 is 39.6 Å². The lowest BCUT2D eigenvalue weighted by Crippen LogP contribution is -2.59. The fourth-order valence-corrected chi connectivity index (χ4v) is 5.72. The minimum Gasteiger partial charge on any atom is -0.511 e. The Hall–Kier alpha value is -3.86. The summed E-state index contributed by atoms with van der Waals surface area (Å²) in [5, 5.41) is 46.5. The van der Waals surface area contributed by atoms with E-state index in [0.717, 1.165) is 0 Å². The minimum atomic E-state index is -2.63. The number of hydrogen-bond donors (Lipinski definition) is 6. The molecule has 0 bridgehead atoms. The highest BCUT2D eigenvalue weighted by Crippen LogP contribution is 2.54. The molecule has 11 nitrogen and oxygen atoms in total. The van der Waals surface area contributed by atoms with Gasteiger partial charge in [-0.3, -0.25) is 19.2 Å². The van der Waals surface area contributed by atoms with E-state index >= 15 is 0 Å². The second kappa shape index (κ2) is 8.12. The molecule has 0 aromatic heterocycles. The number of aromatic hydroxyl groups is 1. The number of phenolic OH excluding ortho intramolecular Hbond substituents is 1. The molecule has 0 radical (unpaired) electrons. The van der Waals surface area contributed by atoms with Crippen molar-refractivity contribution >= 4 is 29.6 Å². The van der Waals surface area contributed by atoms with Gasteiger partial charge in [0.1, 0.15) is 22.8 Å².